The molecule has 5 aliphatic rings. The zero-order valence-corrected chi connectivity index (χ0v) is 85.2. The van der Waals surface area contributed by atoms with Crippen LogP contribution in [0.4, 0.5) is 33.7 Å². The second kappa shape index (κ2) is 42.9. The van der Waals surface area contributed by atoms with E-state index in [1.54, 1.807) is 150 Å². The van der Waals surface area contributed by atoms with Gasteiger partial charge in [-0.2, -0.15) is 13.2 Å². The van der Waals surface area contributed by atoms with Crippen molar-refractivity contribution in [3.63, 3.8) is 0 Å². The van der Waals surface area contributed by atoms with Crippen LogP contribution in [0.3, 0.4) is 0 Å². The maximum atomic E-state index is 13.5. The number of ether oxygens (including phenoxy) is 4. The Labute approximate surface area is 847 Å². The van der Waals surface area contributed by atoms with Gasteiger partial charge in [-0.05, 0) is 191 Å². The molecule has 0 bridgehead atoms. The Balaban J connectivity index is 0.000000152. The molecule has 742 valence electrons. The molecule has 4 aliphatic heterocycles. The van der Waals surface area contributed by atoms with E-state index in [0.717, 1.165) is 69.2 Å². The highest BCUT2D eigenvalue weighted by molar-refractivity contribution is 7.16. The first-order valence-corrected chi connectivity index (χ1v) is 48.9. The molecule has 1 aliphatic carbocycles. The van der Waals surface area contributed by atoms with Gasteiger partial charge in [-0.25, -0.2) is 0 Å². The highest BCUT2D eigenvalue weighted by Crippen LogP contribution is 2.51. The number of alkyl halides is 3. The molecule has 17 rings (SSSR count). The smallest absolute Gasteiger partial charge is 0.445 e. The van der Waals surface area contributed by atoms with Gasteiger partial charge in [-0.1, -0.05) is 229 Å². The number of hydrogen-bond donors (Lipinski definition) is 4. The zero-order valence-electron chi connectivity index (χ0n) is 80.5. The van der Waals surface area contributed by atoms with Crippen molar-refractivity contribution in [2.24, 2.45) is 0 Å². The zero-order chi connectivity index (χ0) is 103. The lowest BCUT2D eigenvalue weighted by Crippen LogP contribution is -2.29. The third-order valence-corrected chi connectivity index (χ3v) is 28.8. The molecule has 8 heterocycles. The Kier molecular flexibility index (Phi) is 31.4. The number of aliphatic hydroxyl groups excluding tert-OH is 4. The number of carbonyl (C=O) groups excluding carboxylic acids is 9. The van der Waals surface area contributed by atoms with Gasteiger partial charge in [0.25, 0.3) is 29.0 Å². The first-order valence-electron chi connectivity index (χ1n) is 44.9. The average molecular weight is 2060 g/mol. The molecule has 0 radical (unpaired) electrons. The van der Waals surface area contributed by atoms with Crippen molar-refractivity contribution < 1.29 is 95.7 Å². The summed E-state index contributed by atoms with van der Waals surface area (Å²) in [6, 6.07) is 49.1. The van der Waals surface area contributed by atoms with Crippen LogP contribution >= 0.6 is 68.5 Å². The van der Waals surface area contributed by atoms with Crippen LogP contribution in [0.5, 0.6) is 23.0 Å². The number of Topliss-reactive ketones (excluding diaryl/α,β-unsaturated/α-hetero) is 4. The number of likely N-dealkylation sites (N-methyl/N-ethyl adjacent to an activating group) is 1. The minimum absolute atomic E-state index is 0.0391. The first kappa shape index (κ1) is 105. The van der Waals surface area contributed by atoms with Gasteiger partial charge in [-0.3, -0.25) is 62.8 Å². The number of rotatable bonds is 19. The average Bonchev–Trinajstić information content (AvgIpc) is 1.61. The summed E-state index contributed by atoms with van der Waals surface area (Å²) in [5, 5.41) is 78.5. The lowest BCUT2D eigenvalue weighted by molar-refractivity contribution is -0.138. The van der Waals surface area contributed by atoms with Gasteiger partial charge in [0, 0.05) is 42.3 Å². The Morgan fingerprint density at radius 1 is 0.385 bits per heavy atom. The summed E-state index contributed by atoms with van der Waals surface area (Å²) in [5.74, 6) is -5.89. The molecule has 4 N–H and O–H groups in total. The van der Waals surface area contributed by atoms with Gasteiger partial charge < -0.3 is 44.3 Å². The molecule has 39 heteroatoms. The van der Waals surface area contributed by atoms with E-state index in [9.17, 15) is 76.7 Å². The number of aromatic nitrogens is 8. The largest absolute Gasteiger partial charge is 0.507 e. The lowest BCUT2D eigenvalue weighted by Gasteiger charge is -2.24. The molecule has 12 aromatic rings. The highest BCUT2D eigenvalue weighted by atomic mass is 35.5. The van der Waals surface area contributed by atoms with E-state index in [1.165, 1.54) is 75.0 Å². The molecule has 4 saturated heterocycles. The number of ketones is 4. The predicted molar refractivity (Wildman–Crippen MR) is 541 cm³/mol. The van der Waals surface area contributed by atoms with Crippen LogP contribution < -0.4 is 38.5 Å². The highest BCUT2D eigenvalue weighted by Gasteiger charge is 2.54. The number of amides is 5. The van der Waals surface area contributed by atoms with E-state index in [1.807, 2.05) is 81.4 Å². The van der Waals surface area contributed by atoms with Crippen LogP contribution in [-0.2, 0) is 65.6 Å². The summed E-state index contributed by atoms with van der Waals surface area (Å²) in [6.07, 6.45) is 0.895. The molecule has 0 spiro atoms. The molecule has 143 heavy (non-hydrogen) atoms. The molecule has 5 fully saturated rings. The third kappa shape index (κ3) is 22.5. The van der Waals surface area contributed by atoms with Crippen molar-refractivity contribution in [1.29, 1.82) is 0 Å². The predicted octanol–water partition coefficient (Wildman–Crippen LogP) is 21.0. The van der Waals surface area contributed by atoms with Gasteiger partial charge in [0.05, 0.1) is 77.8 Å². The maximum absolute atomic E-state index is 13.5. The summed E-state index contributed by atoms with van der Waals surface area (Å²) in [4.78, 5) is 124. The molecule has 30 nitrogen and oxygen atoms in total. The van der Waals surface area contributed by atoms with Crippen molar-refractivity contribution >= 4 is 165 Å². The van der Waals surface area contributed by atoms with Crippen LogP contribution in [0.15, 0.2) is 210 Å². The molecule has 4 atom stereocenters. The number of hydrogen-bond acceptors (Lipinski definition) is 29. The number of halogens is 5. The number of aliphatic hydroxyl groups is 4. The monoisotopic (exact) mass is 2060 g/mol. The summed E-state index contributed by atoms with van der Waals surface area (Å²) >= 11 is 16.1. The summed E-state index contributed by atoms with van der Waals surface area (Å²) in [7, 11) is 7.83. The second-order valence-corrected chi connectivity index (χ2v) is 42.2. The topological polar surface area (TPSA) is 391 Å². The van der Waals surface area contributed by atoms with E-state index in [4.69, 9.17) is 42.1 Å². The summed E-state index contributed by atoms with van der Waals surface area (Å²) in [6.45, 7) is 22.1. The molecule has 8 aromatic carbocycles. The van der Waals surface area contributed by atoms with Crippen molar-refractivity contribution in [1.82, 2.24) is 45.7 Å². The Bertz CT molecular complexity index is 7000. The molecule has 1 saturated carbocycles. The third-order valence-electron chi connectivity index (χ3n) is 24.3. The van der Waals surface area contributed by atoms with Crippen LogP contribution in [0.25, 0.3) is 23.0 Å². The van der Waals surface area contributed by atoms with Crippen molar-refractivity contribution in [2.45, 2.75) is 161 Å². The van der Waals surface area contributed by atoms with Gasteiger partial charge in [0.2, 0.25) is 25.5 Å². The minimum Gasteiger partial charge on any atom is -0.507 e. The second-order valence-electron chi connectivity index (χ2n) is 37.1. The van der Waals surface area contributed by atoms with Crippen molar-refractivity contribution in [2.75, 3.05) is 61.6 Å². The molecular formula is C104H100Cl2F3N13O17S4. The summed E-state index contributed by atoms with van der Waals surface area (Å²) < 4.78 is 60.6. The molecule has 5 amide bonds. The van der Waals surface area contributed by atoms with Gasteiger partial charge >= 0.3 is 29.8 Å². The van der Waals surface area contributed by atoms with E-state index < -0.39 is 93.0 Å². The van der Waals surface area contributed by atoms with Gasteiger partial charge in [0.1, 0.15) is 61.1 Å². The fourth-order valence-electron chi connectivity index (χ4n) is 16.4. The van der Waals surface area contributed by atoms with E-state index in [2.05, 4.69) is 82.3 Å². The van der Waals surface area contributed by atoms with Crippen molar-refractivity contribution in [3.8, 4) is 23.0 Å². The van der Waals surface area contributed by atoms with Gasteiger partial charge in [0.15, 0.2) is 6.61 Å². The number of benzene rings is 8. The number of nitrogens with zero attached hydrogens (tertiary/aromatic N) is 13. The van der Waals surface area contributed by atoms with Crippen LogP contribution in [0, 0.1) is 13.8 Å². The maximum Gasteiger partial charge on any atom is 0.445 e. The standard InChI is InChI=1S/C30H33N3O4S.C28H30N4O5S.C25H22F3N3O4S.C21H15Cl2N3O4S/c1-30(2,3)21-14-10-18(11-15-21)24-23(25(34)19-12-16-22(37-4)17-13-19)26(35)28(36)33(24)29-32-31-27(38-29)20-8-6-5-7-9-20;1-16-29-30-27(38-16)32-23(17-7-11-19(12-8-17)28(2,3)4)22(25(35)26(32)36)24(34)18-9-13-20(14-10-18)37-15-21(33)31(5)6;1-24(2,3)15-9-5-13(6-10-15)18-17(19(32)14-7-11-16(35-4)12-8-14)20(33)21(34)31(18)23-30-29-22(36-23)25(26,27)28;1-10-24-25-21(31-10)26-17(12-5-8-14(22)15(23)9-12)16(19(28)20(26)29)18(27)11-3-6-13(30-2)7-4-11/h10-17,20,24,34H,5-9H2,1-4H3;7-14,23,34H,15H2,1-6H3;5-12,18,32H,1-4H3;3-9,17,27H,1-2H3. The number of methoxy groups -OCH3 is 3. The number of aryl methyl sites for hydroxylation is 2. The van der Waals surface area contributed by atoms with Crippen LogP contribution in [0.2, 0.25) is 10.0 Å². The first-order chi connectivity index (χ1) is 67.7. The minimum atomic E-state index is -4.77. The van der Waals surface area contributed by atoms with E-state index >= 15 is 0 Å². The van der Waals surface area contributed by atoms with Crippen molar-refractivity contribution in [3.05, 3.63) is 302 Å². The van der Waals surface area contributed by atoms with Crippen LogP contribution in [-0.4, -0.2) is 161 Å². The quantitative estimate of drug-likeness (QED) is 0.0332. The van der Waals surface area contributed by atoms with E-state index in [0.29, 0.717) is 82.5 Å². The fraction of sp³-hybridized carbons (Fsp3) is 0.298. The number of carbonyl (C=O) groups is 9. The Morgan fingerprint density at radius 2 is 0.678 bits per heavy atom. The number of anilines is 4. The van der Waals surface area contributed by atoms with E-state index in [-0.39, 0.29) is 101 Å². The molecule has 4 unspecified atom stereocenters. The normalized spacial score (nSPS) is 18.4. The van der Waals surface area contributed by atoms with Crippen LogP contribution in [0.1, 0.15) is 206 Å². The fourth-order valence-corrected chi connectivity index (χ4v) is 20.0. The molecular weight excluding hydrogens is 1960 g/mol. The Morgan fingerprint density at radius 3 is 0.965 bits per heavy atom. The van der Waals surface area contributed by atoms with Gasteiger partial charge in [-0.15, -0.1) is 40.8 Å². The summed E-state index contributed by atoms with van der Waals surface area (Å²) in [5.41, 5.74) is 6.16. The SMILES string of the molecule is COc1ccc(C(O)=C2C(=O)C(=O)N(c3nnc(C(F)(F)F)s3)C2c2ccc(C(C)(C)C)cc2)cc1.COc1ccc(C(O)=C2C(=O)C(=O)N(c3nnc(C)s3)C2c2ccc(Cl)c(Cl)c2)cc1.COc1ccc(C(O)=C2C(=O)C(=O)N(c3nnc(C4CCCCC4)s3)C2c2ccc(C(C)(C)C)cc2)cc1.Cc1nnc(N2C(=O)C(=O)C(=C(O)c3ccc(OCC(=O)N(C)C)cc3)C2c2ccc(C(C)(C)C)cc2)s1. The molecule has 4 aromatic heterocycles. The lowest BCUT2D eigenvalue weighted by atomic mass is 9.85. The Hall–Kier alpha value is -14.2.